The third kappa shape index (κ3) is 5.64. The highest BCUT2D eigenvalue weighted by Crippen LogP contribution is 2.26. The first-order chi connectivity index (χ1) is 13.1. The minimum atomic E-state index is -0.225. The Morgan fingerprint density at radius 3 is 2.41 bits per heavy atom. The number of hydrogen-bond donors (Lipinski definition) is 2. The third-order valence-electron chi connectivity index (χ3n) is 3.77. The Morgan fingerprint density at radius 1 is 0.889 bits per heavy atom. The predicted octanol–water partition coefficient (Wildman–Crippen LogP) is 5.62. The van der Waals surface area contributed by atoms with E-state index >= 15 is 0 Å². The first-order valence-corrected chi connectivity index (χ1v) is 9.12. The van der Waals surface area contributed by atoms with Crippen molar-refractivity contribution in [3.05, 3.63) is 88.4 Å². The van der Waals surface area contributed by atoms with E-state index in [-0.39, 0.29) is 12.5 Å². The number of para-hydroxylation sites is 2. The summed E-state index contributed by atoms with van der Waals surface area (Å²) in [5.41, 5.74) is 2.33. The number of halogens is 2. The Morgan fingerprint density at radius 2 is 1.63 bits per heavy atom. The highest BCUT2D eigenvalue weighted by molar-refractivity contribution is 6.36. The summed E-state index contributed by atoms with van der Waals surface area (Å²) < 4.78 is 5.88. The summed E-state index contributed by atoms with van der Waals surface area (Å²) >= 11 is 11.9. The molecule has 4 nitrogen and oxygen atoms in total. The van der Waals surface area contributed by atoms with Gasteiger partial charge in [0.2, 0.25) is 5.91 Å². The van der Waals surface area contributed by atoms with Crippen molar-refractivity contribution in [1.82, 2.24) is 0 Å². The third-order valence-corrected chi connectivity index (χ3v) is 4.32. The van der Waals surface area contributed by atoms with Gasteiger partial charge in [-0.05, 0) is 35.9 Å². The van der Waals surface area contributed by atoms with E-state index in [1.54, 1.807) is 18.2 Å². The summed E-state index contributed by atoms with van der Waals surface area (Å²) in [6.45, 7) is 0.525. The molecule has 0 aromatic heterocycles. The molecule has 0 atom stereocenters. The number of carbonyl (C=O) groups is 1. The van der Waals surface area contributed by atoms with Gasteiger partial charge in [0, 0.05) is 5.02 Å². The van der Waals surface area contributed by atoms with Crippen molar-refractivity contribution in [1.29, 1.82) is 0 Å². The summed E-state index contributed by atoms with van der Waals surface area (Å²) in [5.74, 6) is 0.454. The van der Waals surface area contributed by atoms with Gasteiger partial charge in [-0.25, -0.2) is 0 Å². The fraction of sp³-hybridized carbons (Fsp3) is 0.0952. The lowest BCUT2D eigenvalue weighted by molar-refractivity contribution is -0.114. The molecule has 0 unspecified atom stereocenters. The molecule has 0 heterocycles. The van der Waals surface area contributed by atoms with E-state index in [0.29, 0.717) is 28.1 Å². The average Bonchev–Trinajstić information content (AvgIpc) is 2.68. The van der Waals surface area contributed by atoms with E-state index in [0.717, 1.165) is 11.3 Å². The molecule has 0 saturated heterocycles. The van der Waals surface area contributed by atoms with E-state index in [1.165, 1.54) is 0 Å². The Bertz CT molecular complexity index is 917. The zero-order chi connectivity index (χ0) is 19.1. The Balaban J connectivity index is 1.58. The van der Waals surface area contributed by atoms with Gasteiger partial charge in [0.25, 0.3) is 0 Å². The second-order valence-corrected chi connectivity index (χ2v) is 6.64. The molecule has 2 N–H and O–H groups in total. The van der Waals surface area contributed by atoms with Crippen molar-refractivity contribution in [2.24, 2.45) is 0 Å². The van der Waals surface area contributed by atoms with E-state index in [2.05, 4.69) is 10.6 Å². The quantitative estimate of drug-likeness (QED) is 0.540. The zero-order valence-electron chi connectivity index (χ0n) is 14.4. The van der Waals surface area contributed by atoms with Gasteiger partial charge in [-0.1, -0.05) is 65.7 Å². The van der Waals surface area contributed by atoms with Crippen molar-refractivity contribution >= 4 is 40.5 Å². The van der Waals surface area contributed by atoms with E-state index in [4.69, 9.17) is 27.9 Å². The van der Waals surface area contributed by atoms with Crippen molar-refractivity contribution in [3.63, 3.8) is 0 Å². The molecule has 138 valence electrons. The average molecular weight is 401 g/mol. The van der Waals surface area contributed by atoms with Gasteiger partial charge in [-0.2, -0.15) is 0 Å². The molecule has 0 saturated carbocycles. The standard InChI is InChI=1S/C21H18Cl2N2O2/c22-16-10-11-18(17(23)12-16)25-21(26)13-24-19-8-4-5-9-20(19)27-14-15-6-2-1-3-7-15/h1-12,24H,13-14H2,(H,25,26). The molecule has 0 aliphatic carbocycles. The summed E-state index contributed by atoms with van der Waals surface area (Å²) in [5, 5.41) is 6.75. The van der Waals surface area contributed by atoms with Crippen LogP contribution in [0, 0.1) is 0 Å². The normalized spacial score (nSPS) is 10.3. The number of carbonyl (C=O) groups excluding carboxylic acids is 1. The van der Waals surface area contributed by atoms with E-state index in [9.17, 15) is 4.79 Å². The Kier molecular flexibility index (Phi) is 6.58. The second kappa shape index (κ2) is 9.31. The number of rotatable bonds is 7. The molecule has 0 bridgehead atoms. The molecule has 3 aromatic carbocycles. The molecule has 0 spiro atoms. The van der Waals surface area contributed by atoms with Crippen LogP contribution in [-0.4, -0.2) is 12.5 Å². The monoisotopic (exact) mass is 400 g/mol. The lowest BCUT2D eigenvalue weighted by atomic mass is 10.2. The van der Waals surface area contributed by atoms with E-state index < -0.39 is 0 Å². The van der Waals surface area contributed by atoms with Gasteiger partial charge in [0.05, 0.1) is 22.9 Å². The van der Waals surface area contributed by atoms with Gasteiger partial charge in [-0.3, -0.25) is 4.79 Å². The summed E-state index contributed by atoms with van der Waals surface area (Å²) in [6.07, 6.45) is 0. The van der Waals surface area contributed by atoms with Gasteiger partial charge >= 0.3 is 0 Å². The lowest BCUT2D eigenvalue weighted by Gasteiger charge is -2.14. The van der Waals surface area contributed by atoms with Crippen LogP contribution in [0.25, 0.3) is 0 Å². The van der Waals surface area contributed by atoms with E-state index in [1.807, 2.05) is 54.6 Å². The number of anilines is 2. The largest absolute Gasteiger partial charge is 0.487 e. The predicted molar refractivity (Wildman–Crippen MR) is 111 cm³/mol. The fourth-order valence-electron chi connectivity index (χ4n) is 2.43. The van der Waals surface area contributed by atoms with Crippen LogP contribution in [-0.2, 0) is 11.4 Å². The van der Waals surface area contributed by atoms with Crippen molar-refractivity contribution < 1.29 is 9.53 Å². The molecule has 27 heavy (non-hydrogen) atoms. The molecular formula is C21H18Cl2N2O2. The first kappa shape index (κ1) is 19.1. The van der Waals surface area contributed by atoms with Crippen molar-refractivity contribution in [2.45, 2.75) is 6.61 Å². The molecule has 0 fully saturated rings. The van der Waals surface area contributed by atoms with Gasteiger partial charge in [-0.15, -0.1) is 0 Å². The topological polar surface area (TPSA) is 50.4 Å². The maximum atomic E-state index is 12.2. The molecule has 3 aromatic rings. The summed E-state index contributed by atoms with van der Waals surface area (Å²) in [4.78, 5) is 12.2. The van der Waals surface area contributed by atoms with Crippen LogP contribution < -0.4 is 15.4 Å². The van der Waals surface area contributed by atoms with Gasteiger partial charge < -0.3 is 15.4 Å². The number of ether oxygens (including phenoxy) is 1. The van der Waals surface area contributed by atoms with Crippen LogP contribution >= 0.6 is 23.2 Å². The molecule has 3 rings (SSSR count). The van der Waals surface area contributed by atoms with Crippen molar-refractivity contribution in [3.8, 4) is 5.75 Å². The number of amides is 1. The van der Waals surface area contributed by atoms with Crippen molar-refractivity contribution in [2.75, 3.05) is 17.2 Å². The first-order valence-electron chi connectivity index (χ1n) is 8.36. The zero-order valence-corrected chi connectivity index (χ0v) is 15.9. The highest BCUT2D eigenvalue weighted by atomic mass is 35.5. The smallest absolute Gasteiger partial charge is 0.243 e. The van der Waals surface area contributed by atoms with Gasteiger partial charge in [0.1, 0.15) is 12.4 Å². The minimum Gasteiger partial charge on any atom is -0.487 e. The molecule has 1 amide bonds. The van der Waals surface area contributed by atoms with Crippen LogP contribution in [0.1, 0.15) is 5.56 Å². The molecule has 0 aliphatic heterocycles. The second-order valence-electron chi connectivity index (χ2n) is 5.80. The van der Waals surface area contributed by atoms with Crippen LogP contribution in [0.15, 0.2) is 72.8 Å². The lowest BCUT2D eigenvalue weighted by Crippen LogP contribution is -2.22. The maximum Gasteiger partial charge on any atom is 0.243 e. The van der Waals surface area contributed by atoms with Crippen LogP contribution in [0.2, 0.25) is 10.0 Å². The number of benzene rings is 3. The number of nitrogens with one attached hydrogen (secondary N) is 2. The summed E-state index contributed by atoms with van der Waals surface area (Å²) in [7, 11) is 0. The van der Waals surface area contributed by atoms with Crippen LogP contribution in [0.3, 0.4) is 0 Å². The van der Waals surface area contributed by atoms with Gasteiger partial charge in [0.15, 0.2) is 0 Å². The Hall–Kier alpha value is -2.69. The molecular weight excluding hydrogens is 383 g/mol. The molecule has 6 heteroatoms. The SMILES string of the molecule is O=C(CNc1ccccc1OCc1ccccc1)Nc1ccc(Cl)cc1Cl. The van der Waals surface area contributed by atoms with Crippen LogP contribution in [0.4, 0.5) is 11.4 Å². The number of hydrogen-bond acceptors (Lipinski definition) is 3. The Labute approximate surface area is 168 Å². The molecule has 0 radical (unpaired) electrons. The minimum absolute atomic E-state index is 0.0741. The fourth-order valence-corrected chi connectivity index (χ4v) is 2.89. The molecule has 0 aliphatic rings. The highest BCUT2D eigenvalue weighted by Gasteiger charge is 2.08. The van der Waals surface area contributed by atoms with Crippen LogP contribution in [0.5, 0.6) is 5.75 Å². The summed E-state index contributed by atoms with van der Waals surface area (Å²) in [6, 6.07) is 22.3. The maximum absolute atomic E-state index is 12.2.